The number of ether oxygens (including phenoxy) is 1. The number of hydrogen-bond acceptors (Lipinski definition) is 2. The molecule has 2 heteroatoms. The zero-order valence-electron chi connectivity index (χ0n) is 18.2. The third-order valence-corrected chi connectivity index (χ3v) is 4.60. The molecule has 0 aromatic heterocycles. The first-order chi connectivity index (χ1) is 13.0. The molecule has 0 radical (unpaired) electrons. The number of carbonyl (C=O) groups excluding carboxylic acids is 1. The smallest absolute Gasteiger partial charge is 0.308 e. The summed E-state index contributed by atoms with van der Waals surface area (Å²) in [6.45, 7) is 14.6. The summed E-state index contributed by atoms with van der Waals surface area (Å²) < 4.78 is 5.43. The van der Waals surface area contributed by atoms with Gasteiger partial charge in [0.05, 0.1) is 0 Å². The predicted octanol–water partition coefficient (Wildman–Crippen LogP) is 6.90. The van der Waals surface area contributed by atoms with Gasteiger partial charge in [0.1, 0.15) is 5.76 Å². The highest BCUT2D eigenvalue weighted by Crippen LogP contribution is 2.25. The standard InChI is InChI=1S/C26H32O2/c1-19(27)28-24(21-13-17-23(18-14-21)26(5,6)7)10-8-9-20-11-15-22(16-12-20)25(2,3)4/h8-18H,1-7H3/b9-8+,24-10+. The number of allylic oxidation sites excluding steroid dienone is 2. The second kappa shape index (κ2) is 8.60. The van der Waals surface area contributed by atoms with Gasteiger partial charge in [-0.25, -0.2) is 0 Å². The molecule has 0 saturated carbocycles. The average molecular weight is 377 g/mol. The van der Waals surface area contributed by atoms with Crippen molar-refractivity contribution < 1.29 is 9.53 Å². The lowest BCUT2D eigenvalue weighted by molar-refractivity contribution is -0.134. The van der Waals surface area contributed by atoms with E-state index in [0.717, 1.165) is 11.1 Å². The first kappa shape index (κ1) is 21.7. The first-order valence-electron chi connectivity index (χ1n) is 9.75. The van der Waals surface area contributed by atoms with E-state index in [1.54, 1.807) is 0 Å². The molecule has 0 bridgehead atoms. The molecule has 2 nitrogen and oxygen atoms in total. The van der Waals surface area contributed by atoms with Crippen molar-refractivity contribution in [2.45, 2.75) is 59.3 Å². The Labute approximate surface area is 169 Å². The third kappa shape index (κ3) is 6.23. The van der Waals surface area contributed by atoms with E-state index < -0.39 is 0 Å². The van der Waals surface area contributed by atoms with Crippen LogP contribution in [0.1, 0.15) is 70.7 Å². The molecule has 28 heavy (non-hydrogen) atoms. The Kier molecular flexibility index (Phi) is 6.66. The maximum absolute atomic E-state index is 11.5. The lowest BCUT2D eigenvalue weighted by Crippen LogP contribution is -2.10. The molecular weight excluding hydrogens is 344 g/mol. The summed E-state index contributed by atoms with van der Waals surface area (Å²) in [5, 5.41) is 0. The molecule has 0 atom stereocenters. The molecular formula is C26H32O2. The molecule has 0 N–H and O–H groups in total. The zero-order chi connectivity index (χ0) is 20.9. The van der Waals surface area contributed by atoms with Crippen LogP contribution in [0.3, 0.4) is 0 Å². The van der Waals surface area contributed by atoms with Crippen LogP contribution in [0.15, 0.2) is 60.7 Å². The van der Waals surface area contributed by atoms with Gasteiger partial charge in [-0.2, -0.15) is 0 Å². The molecule has 2 aromatic carbocycles. The molecule has 2 rings (SSSR count). The van der Waals surface area contributed by atoms with Crippen molar-refractivity contribution in [2.24, 2.45) is 0 Å². The van der Waals surface area contributed by atoms with E-state index in [0.29, 0.717) is 5.76 Å². The minimum absolute atomic E-state index is 0.0863. The highest BCUT2D eigenvalue weighted by Gasteiger charge is 2.14. The largest absolute Gasteiger partial charge is 0.426 e. The zero-order valence-corrected chi connectivity index (χ0v) is 18.2. The van der Waals surface area contributed by atoms with Crippen molar-refractivity contribution in [1.82, 2.24) is 0 Å². The molecule has 0 unspecified atom stereocenters. The van der Waals surface area contributed by atoms with E-state index in [1.165, 1.54) is 18.1 Å². The third-order valence-electron chi connectivity index (χ3n) is 4.60. The van der Waals surface area contributed by atoms with E-state index in [1.807, 2.05) is 30.4 Å². The topological polar surface area (TPSA) is 26.3 Å². The molecule has 0 spiro atoms. The van der Waals surface area contributed by atoms with Crippen molar-refractivity contribution in [3.63, 3.8) is 0 Å². The average Bonchev–Trinajstić information content (AvgIpc) is 2.59. The minimum Gasteiger partial charge on any atom is -0.426 e. The van der Waals surface area contributed by atoms with Gasteiger partial charge in [0.25, 0.3) is 0 Å². The van der Waals surface area contributed by atoms with Gasteiger partial charge in [-0.3, -0.25) is 4.79 Å². The summed E-state index contributed by atoms with van der Waals surface area (Å²) in [6, 6.07) is 16.7. The Morgan fingerprint density at radius 2 is 1.25 bits per heavy atom. The van der Waals surface area contributed by atoms with Gasteiger partial charge in [0.15, 0.2) is 0 Å². The summed E-state index contributed by atoms with van der Waals surface area (Å²) in [5.74, 6) is 0.226. The number of benzene rings is 2. The second-order valence-electron chi connectivity index (χ2n) is 9.18. The quantitative estimate of drug-likeness (QED) is 0.329. The maximum Gasteiger partial charge on any atom is 0.308 e. The predicted molar refractivity (Wildman–Crippen MR) is 119 cm³/mol. The lowest BCUT2D eigenvalue weighted by atomic mass is 9.86. The molecule has 0 aliphatic carbocycles. The summed E-state index contributed by atoms with van der Waals surface area (Å²) in [6.07, 6.45) is 5.77. The van der Waals surface area contributed by atoms with Crippen LogP contribution in [-0.4, -0.2) is 5.97 Å². The summed E-state index contributed by atoms with van der Waals surface area (Å²) in [4.78, 5) is 11.5. The van der Waals surface area contributed by atoms with Crippen LogP contribution in [-0.2, 0) is 20.4 Å². The minimum atomic E-state index is -0.325. The van der Waals surface area contributed by atoms with Crippen LogP contribution in [0.2, 0.25) is 0 Å². The summed E-state index contributed by atoms with van der Waals surface area (Å²) >= 11 is 0. The Morgan fingerprint density at radius 3 is 1.68 bits per heavy atom. The normalized spacial score (nSPS) is 13.0. The van der Waals surface area contributed by atoms with Crippen LogP contribution < -0.4 is 0 Å². The second-order valence-corrected chi connectivity index (χ2v) is 9.18. The maximum atomic E-state index is 11.5. The summed E-state index contributed by atoms with van der Waals surface area (Å²) in [5.41, 5.74) is 4.77. The first-order valence-corrected chi connectivity index (χ1v) is 9.75. The van der Waals surface area contributed by atoms with Gasteiger partial charge < -0.3 is 4.74 Å². The Balaban J connectivity index is 2.24. The number of esters is 1. The molecule has 0 saturated heterocycles. The fourth-order valence-electron chi connectivity index (χ4n) is 2.82. The van der Waals surface area contributed by atoms with Crippen LogP contribution in [0, 0.1) is 0 Å². The fourth-order valence-corrected chi connectivity index (χ4v) is 2.82. The van der Waals surface area contributed by atoms with Gasteiger partial charge in [-0.05, 0) is 33.6 Å². The van der Waals surface area contributed by atoms with Gasteiger partial charge in [-0.1, -0.05) is 102 Å². The van der Waals surface area contributed by atoms with Crippen molar-refractivity contribution in [1.29, 1.82) is 0 Å². The molecule has 0 heterocycles. The molecule has 0 aliphatic rings. The van der Waals surface area contributed by atoms with Crippen molar-refractivity contribution in [3.05, 3.63) is 82.9 Å². The Hall–Kier alpha value is -2.61. The number of rotatable bonds is 4. The number of hydrogen-bond donors (Lipinski definition) is 0. The highest BCUT2D eigenvalue weighted by atomic mass is 16.5. The Bertz CT molecular complexity index is 853. The molecule has 0 amide bonds. The van der Waals surface area contributed by atoms with Crippen LogP contribution in [0.4, 0.5) is 0 Å². The SMILES string of the molecule is CC(=O)O/C(=C/C=C/c1ccc(C(C)(C)C)cc1)c1ccc(C(C)(C)C)cc1. The van der Waals surface area contributed by atoms with Crippen LogP contribution in [0.5, 0.6) is 0 Å². The lowest BCUT2D eigenvalue weighted by Gasteiger charge is -2.19. The van der Waals surface area contributed by atoms with E-state index in [2.05, 4.69) is 77.9 Å². The molecule has 0 aliphatic heterocycles. The van der Waals surface area contributed by atoms with Gasteiger partial charge in [0, 0.05) is 12.5 Å². The van der Waals surface area contributed by atoms with Gasteiger partial charge in [-0.15, -0.1) is 0 Å². The monoisotopic (exact) mass is 376 g/mol. The van der Waals surface area contributed by atoms with Crippen molar-refractivity contribution >= 4 is 17.8 Å². The van der Waals surface area contributed by atoms with E-state index in [9.17, 15) is 4.79 Å². The van der Waals surface area contributed by atoms with Crippen molar-refractivity contribution in [3.8, 4) is 0 Å². The van der Waals surface area contributed by atoms with Gasteiger partial charge >= 0.3 is 5.97 Å². The van der Waals surface area contributed by atoms with E-state index in [-0.39, 0.29) is 16.8 Å². The molecule has 0 fully saturated rings. The molecule has 148 valence electrons. The highest BCUT2D eigenvalue weighted by molar-refractivity contribution is 5.77. The van der Waals surface area contributed by atoms with Crippen LogP contribution >= 0.6 is 0 Å². The van der Waals surface area contributed by atoms with Gasteiger partial charge in [0.2, 0.25) is 0 Å². The fraction of sp³-hybridized carbons (Fsp3) is 0.346. The van der Waals surface area contributed by atoms with E-state index >= 15 is 0 Å². The summed E-state index contributed by atoms with van der Waals surface area (Å²) in [7, 11) is 0. The van der Waals surface area contributed by atoms with Crippen LogP contribution in [0.25, 0.3) is 11.8 Å². The molecule has 2 aromatic rings. The van der Waals surface area contributed by atoms with Crippen molar-refractivity contribution in [2.75, 3.05) is 0 Å². The number of carbonyl (C=O) groups is 1. The Morgan fingerprint density at radius 1 is 0.786 bits per heavy atom. The van der Waals surface area contributed by atoms with E-state index in [4.69, 9.17) is 4.74 Å².